The van der Waals surface area contributed by atoms with Gasteiger partial charge in [0, 0.05) is 0 Å². The molecule has 0 spiro atoms. The second kappa shape index (κ2) is 5.23. The van der Waals surface area contributed by atoms with Gasteiger partial charge in [-0.15, -0.1) is 0 Å². The Morgan fingerprint density at radius 2 is 2.21 bits per heavy atom. The highest BCUT2D eigenvalue weighted by Crippen LogP contribution is 2.27. The number of phenolic OH excluding ortho intramolecular Hbond substituents is 1. The molecule has 0 radical (unpaired) electrons. The Labute approximate surface area is 116 Å². The number of aromatic nitrogens is 1. The molecule has 6 nitrogen and oxygen atoms in total. The molecule has 0 saturated heterocycles. The lowest BCUT2D eigenvalue weighted by Gasteiger charge is -1.97. The van der Waals surface area contributed by atoms with Crippen LogP contribution in [0.2, 0.25) is 0 Å². The lowest BCUT2D eigenvalue weighted by Crippen LogP contribution is -1.90. The fourth-order valence-electron chi connectivity index (χ4n) is 1.51. The zero-order chi connectivity index (χ0) is 14.0. The van der Waals surface area contributed by atoms with Crippen molar-refractivity contribution in [1.82, 2.24) is 5.16 Å². The van der Waals surface area contributed by atoms with Gasteiger partial charge in [-0.1, -0.05) is 17.3 Å². The highest BCUT2D eigenvalue weighted by Gasteiger charge is 2.21. The number of halogens is 1. The molecule has 0 saturated carbocycles. The molecule has 0 aliphatic carbocycles. The molecule has 0 atom stereocenters. The standard InChI is InChI=1S/C12H9BrN2O4/c1-7-12(15(17)18)11(19-14-7)5-3-8-2-4-10(16)9(13)6-8/h2-6,16H,1H3/b5-3+. The van der Waals surface area contributed by atoms with E-state index < -0.39 is 4.92 Å². The van der Waals surface area contributed by atoms with E-state index in [0.29, 0.717) is 4.47 Å². The Kier molecular flexibility index (Phi) is 3.66. The van der Waals surface area contributed by atoms with Crippen LogP contribution in [0.5, 0.6) is 5.75 Å². The molecule has 0 aliphatic rings. The van der Waals surface area contributed by atoms with Crippen LogP contribution < -0.4 is 0 Å². The molecule has 2 rings (SSSR count). The van der Waals surface area contributed by atoms with Crippen molar-refractivity contribution in [2.45, 2.75) is 6.92 Å². The van der Waals surface area contributed by atoms with Gasteiger partial charge in [0.05, 0.1) is 9.40 Å². The zero-order valence-electron chi connectivity index (χ0n) is 9.83. The smallest absolute Gasteiger partial charge is 0.338 e. The Morgan fingerprint density at radius 3 is 2.84 bits per heavy atom. The average Bonchev–Trinajstić information content (AvgIpc) is 2.72. The molecule has 1 N–H and O–H groups in total. The molecule has 19 heavy (non-hydrogen) atoms. The lowest BCUT2D eigenvalue weighted by atomic mass is 10.2. The van der Waals surface area contributed by atoms with Crippen molar-refractivity contribution in [1.29, 1.82) is 0 Å². The minimum atomic E-state index is -0.530. The van der Waals surface area contributed by atoms with Crippen LogP contribution >= 0.6 is 15.9 Å². The predicted octanol–water partition coefficient (Wildman–Crippen LogP) is 3.53. The maximum Gasteiger partial charge on any atom is 0.338 e. The first-order chi connectivity index (χ1) is 8.99. The molecular weight excluding hydrogens is 316 g/mol. The second-order valence-corrected chi connectivity index (χ2v) is 4.64. The number of hydrogen-bond acceptors (Lipinski definition) is 5. The van der Waals surface area contributed by atoms with Crippen molar-refractivity contribution in [2.24, 2.45) is 0 Å². The minimum Gasteiger partial charge on any atom is -0.507 e. The van der Waals surface area contributed by atoms with Gasteiger partial charge in [0.2, 0.25) is 5.76 Å². The van der Waals surface area contributed by atoms with Crippen molar-refractivity contribution in [3.05, 3.63) is 49.8 Å². The van der Waals surface area contributed by atoms with Crippen LogP contribution in [0.4, 0.5) is 5.69 Å². The van der Waals surface area contributed by atoms with E-state index in [2.05, 4.69) is 21.1 Å². The van der Waals surface area contributed by atoms with E-state index in [4.69, 9.17) is 4.52 Å². The number of benzene rings is 1. The number of aromatic hydroxyl groups is 1. The molecule has 0 unspecified atom stereocenters. The lowest BCUT2D eigenvalue weighted by molar-refractivity contribution is -0.386. The summed E-state index contributed by atoms with van der Waals surface area (Å²) in [7, 11) is 0. The van der Waals surface area contributed by atoms with Crippen molar-refractivity contribution < 1.29 is 14.6 Å². The highest BCUT2D eigenvalue weighted by molar-refractivity contribution is 9.10. The molecular formula is C12H9BrN2O4. The molecule has 7 heteroatoms. The highest BCUT2D eigenvalue weighted by atomic mass is 79.9. The van der Waals surface area contributed by atoms with E-state index in [9.17, 15) is 15.2 Å². The molecule has 0 amide bonds. The number of rotatable bonds is 3. The SMILES string of the molecule is Cc1noc(/C=C/c2ccc(O)c(Br)c2)c1[N+](=O)[O-]. The van der Waals surface area contributed by atoms with Crippen LogP contribution in [0.1, 0.15) is 17.0 Å². The number of nitrogens with zero attached hydrogens (tertiary/aromatic N) is 2. The minimum absolute atomic E-state index is 0.0895. The molecule has 1 aromatic heterocycles. The van der Waals surface area contributed by atoms with Crippen molar-refractivity contribution >= 4 is 33.8 Å². The van der Waals surface area contributed by atoms with E-state index in [1.807, 2.05) is 0 Å². The molecule has 98 valence electrons. The number of nitro groups is 1. The third-order valence-electron chi connectivity index (χ3n) is 2.44. The first kappa shape index (κ1) is 13.3. The first-order valence-corrected chi connectivity index (χ1v) is 6.05. The van der Waals surface area contributed by atoms with Gasteiger partial charge < -0.3 is 9.63 Å². The van der Waals surface area contributed by atoms with E-state index in [0.717, 1.165) is 5.56 Å². The fourth-order valence-corrected chi connectivity index (χ4v) is 1.91. The molecule has 0 aliphatic heterocycles. The Balaban J connectivity index is 2.32. The summed E-state index contributed by atoms with van der Waals surface area (Å²) in [6.45, 7) is 1.51. The number of hydrogen-bond donors (Lipinski definition) is 1. The topological polar surface area (TPSA) is 89.4 Å². The Hall–Kier alpha value is -2.15. The molecule has 1 heterocycles. The molecule has 0 fully saturated rings. The summed E-state index contributed by atoms with van der Waals surface area (Å²) >= 11 is 3.19. The first-order valence-electron chi connectivity index (χ1n) is 5.26. The van der Waals surface area contributed by atoms with E-state index in [1.165, 1.54) is 19.1 Å². The van der Waals surface area contributed by atoms with Gasteiger partial charge in [-0.25, -0.2) is 0 Å². The maximum atomic E-state index is 10.8. The normalized spacial score (nSPS) is 11.1. The third-order valence-corrected chi connectivity index (χ3v) is 3.07. The van der Waals surface area contributed by atoms with Gasteiger partial charge in [-0.2, -0.15) is 0 Å². The van der Waals surface area contributed by atoms with Crippen molar-refractivity contribution in [3.8, 4) is 5.75 Å². The van der Waals surface area contributed by atoms with Gasteiger partial charge >= 0.3 is 5.69 Å². The third kappa shape index (κ3) is 2.82. The summed E-state index contributed by atoms with van der Waals surface area (Å²) in [6.07, 6.45) is 3.11. The zero-order valence-corrected chi connectivity index (χ0v) is 11.4. The van der Waals surface area contributed by atoms with Crippen LogP contribution in [0.25, 0.3) is 12.2 Å². The van der Waals surface area contributed by atoms with Crippen LogP contribution in [0.15, 0.2) is 27.2 Å². The van der Waals surface area contributed by atoms with E-state index >= 15 is 0 Å². The van der Waals surface area contributed by atoms with Gasteiger partial charge in [0.15, 0.2) is 5.69 Å². The number of aryl methyl sites for hydroxylation is 1. The largest absolute Gasteiger partial charge is 0.507 e. The Morgan fingerprint density at radius 1 is 1.47 bits per heavy atom. The van der Waals surface area contributed by atoms with Gasteiger partial charge in [0.25, 0.3) is 0 Å². The number of phenols is 1. The summed E-state index contributed by atoms with van der Waals surface area (Å²) in [5.74, 6) is 0.213. The van der Waals surface area contributed by atoms with Gasteiger partial charge in [-0.3, -0.25) is 10.1 Å². The van der Waals surface area contributed by atoms with E-state index in [1.54, 1.807) is 18.2 Å². The summed E-state index contributed by atoms with van der Waals surface area (Å²) < 4.78 is 5.43. The summed E-state index contributed by atoms with van der Waals surface area (Å²) in [5.41, 5.74) is 0.846. The molecule has 1 aromatic carbocycles. The summed E-state index contributed by atoms with van der Waals surface area (Å²) in [4.78, 5) is 10.3. The fraction of sp³-hybridized carbons (Fsp3) is 0.0833. The van der Waals surface area contributed by atoms with Crippen molar-refractivity contribution in [2.75, 3.05) is 0 Å². The maximum absolute atomic E-state index is 10.8. The summed E-state index contributed by atoms with van der Waals surface area (Å²) in [6, 6.07) is 4.87. The second-order valence-electron chi connectivity index (χ2n) is 3.78. The van der Waals surface area contributed by atoms with Gasteiger partial charge in [0.1, 0.15) is 5.75 Å². The molecule has 2 aromatic rings. The van der Waals surface area contributed by atoms with E-state index in [-0.39, 0.29) is 22.9 Å². The van der Waals surface area contributed by atoms with Crippen LogP contribution in [-0.2, 0) is 0 Å². The van der Waals surface area contributed by atoms with Crippen LogP contribution in [0.3, 0.4) is 0 Å². The van der Waals surface area contributed by atoms with Crippen LogP contribution in [0, 0.1) is 17.0 Å². The predicted molar refractivity (Wildman–Crippen MR) is 72.6 cm³/mol. The molecule has 0 bridgehead atoms. The average molecular weight is 325 g/mol. The Bertz CT molecular complexity index is 664. The monoisotopic (exact) mass is 324 g/mol. The van der Waals surface area contributed by atoms with Crippen molar-refractivity contribution in [3.63, 3.8) is 0 Å². The van der Waals surface area contributed by atoms with Crippen LogP contribution in [-0.4, -0.2) is 15.2 Å². The summed E-state index contributed by atoms with van der Waals surface area (Å²) in [5, 5.41) is 23.8. The van der Waals surface area contributed by atoms with Gasteiger partial charge in [-0.05, 0) is 46.6 Å². The quantitative estimate of drug-likeness (QED) is 0.689.